The number of benzene rings is 2. The molecular weight excluding hydrogens is 352 g/mol. The largest absolute Gasteiger partial charge is 0.504 e. The first-order valence-electron chi connectivity index (χ1n) is 8.52. The van der Waals surface area contributed by atoms with Gasteiger partial charge in [0.1, 0.15) is 0 Å². The highest BCUT2D eigenvalue weighted by Gasteiger charge is 2.41. The molecular formula is C20H22O7. The summed E-state index contributed by atoms with van der Waals surface area (Å²) in [4.78, 5) is 12.2. The lowest BCUT2D eigenvalue weighted by atomic mass is 9.83. The first kappa shape index (κ1) is 18.8. The number of phenols is 2. The molecule has 1 fully saturated rings. The van der Waals surface area contributed by atoms with Crippen molar-refractivity contribution in [2.45, 2.75) is 12.5 Å². The van der Waals surface area contributed by atoms with Gasteiger partial charge in [-0.25, -0.2) is 0 Å². The molecule has 0 aliphatic carbocycles. The molecule has 144 valence electrons. The maximum absolute atomic E-state index is 12.2. The van der Waals surface area contributed by atoms with Crippen molar-refractivity contribution in [3.8, 4) is 23.0 Å². The Hall–Kier alpha value is -2.93. The Morgan fingerprint density at radius 3 is 2.30 bits per heavy atom. The molecule has 7 nitrogen and oxygen atoms in total. The number of aliphatic hydroxyl groups is 1. The lowest BCUT2D eigenvalue weighted by Crippen LogP contribution is -2.24. The van der Waals surface area contributed by atoms with Crippen LogP contribution in [0.25, 0.3) is 0 Å². The van der Waals surface area contributed by atoms with Gasteiger partial charge in [-0.15, -0.1) is 0 Å². The number of esters is 1. The molecule has 1 aliphatic heterocycles. The van der Waals surface area contributed by atoms with Crippen LogP contribution in [-0.2, 0) is 16.0 Å². The molecule has 1 heterocycles. The zero-order valence-corrected chi connectivity index (χ0v) is 15.1. The smallest absolute Gasteiger partial charge is 0.309 e. The van der Waals surface area contributed by atoms with Gasteiger partial charge in [-0.1, -0.05) is 12.1 Å². The van der Waals surface area contributed by atoms with Crippen LogP contribution in [0.5, 0.6) is 23.0 Å². The van der Waals surface area contributed by atoms with Crippen LogP contribution in [-0.4, -0.2) is 42.1 Å². The molecule has 0 unspecified atom stereocenters. The third-order valence-electron chi connectivity index (χ3n) is 4.89. The minimum Gasteiger partial charge on any atom is -0.504 e. The van der Waals surface area contributed by atoms with Crippen molar-refractivity contribution in [1.82, 2.24) is 0 Å². The number of ether oxygens (including phenoxy) is 3. The number of hydrogen-bond donors (Lipinski definition) is 3. The maximum Gasteiger partial charge on any atom is 0.309 e. The summed E-state index contributed by atoms with van der Waals surface area (Å²) in [5.74, 6) is -0.902. The molecule has 1 saturated heterocycles. The Kier molecular flexibility index (Phi) is 5.41. The molecule has 3 N–H and O–H groups in total. The fraction of sp³-hybridized carbons (Fsp3) is 0.350. The molecule has 1 aliphatic rings. The van der Waals surface area contributed by atoms with Crippen molar-refractivity contribution < 1.29 is 34.3 Å². The van der Waals surface area contributed by atoms with Crippen molar-refractivity contribution in [1.29, 1.82) is 0 Å². The van der Waals surface area contributed by atoms with Gasteiger partial charge in [-0.05, 0) is 41.8 Å². The van der Waals surface area contributed by atoms with Crippen LogP contribution in [0.1, 0.15) is 17.2 Å². The molecule has 0 radical (unpaired) electrons. The van der Waals surface area contributed by atoms with Crippen molar-refractivity contribution >= 4 is 5.97 Å². The van der Waals surface area contributed by atoms with Crippen LogP contribution in [0.4, 0.5) is 0 Å². The number of cyclic esters (lactones) is 1. The molecule has 3 atom stereocenters. The van der Waals surface area contributed by atoms with Crippen molar-refractivity contribution in [3.05, 3.63) is 47.5 Å². The summed E-state index contributed by atoms with van der Waals surface area (Å²) in [6.45, 7) is 0.0829. The molecule has 0 amide bonds. The van der Waals surface area contributed by atoms with E-state index in [0.717, 1.165) is 5.56 Å². The van der Waals surface area contributed by atoms with E-state index in [1.807, 2.05) is 0 Å². The SMILES string of the molecule is COc1ccc(C[C@H]2C(=O)OC[C@@H]2[C@H](O)c2ccc(OC)c(O)c2)cc1O. The zero-order chi connectivity index (χ0) is 19.6. The Morgan fingerprint density at radius 1 is 1.07 bits per heavy atom. The minimum atomic E-state index is -0.995. The van der Waals surface area contributed by atoms with E-state index >= 15 is 0 Å². The zero-order valence-electron chi connectivity index (χ0n) is 15.1. The van der Waals surface area contributed by atoms with E-state index in [1.165, 1.54) is 26.4 Å². The van der Waals surface area contributed by atoms with Crippen molar-refractivity contribution in [2.24, 2.45) is 11.8 Å². The van der Waals surface area contributed by atoms with Crippen molar-refractivity contribution in [3.63, 3.8) is 0 Å². The summed E-state index contributed by atoms with van der Waals surface area (Å²) >= 11 is 0. The number of methoxy groups -OCH3 is 2. The normalized spacial score (nSPS) is 20.2. The van der Waals surface area contributed by atoms with Crippen LogP contribution in [0.2, 0.25) is 0 Å². The second kappa shape index (κ2) is 7.75. The van der Waals surface area contributed by atoms with Crippen LogP contribution in [0.3, 0.4) is 0 Å². The highest BCUT2D eigenvalue weighted by atomic mass is 16.5. The fourth-order valence-corrected chi connectivity index (χ4v) is 3.38. The van der Waals surface area contributed by atoms with Gasteiger partial charge in [0.05, 0.1) is 32.8 Å². The topological polar surface area (TPSA) is 105 Å². The number of hydrogen-bond acceptors (Lipinski definition) is 7. The van der Waals surface area contributed by atoms with Crippen LogP contribution >= 0.6 is 0 Å². The van der Waals surface area contributed by atoms with E-state index in [2.05, 4.69) is 0 Å². The molecule has 2 aromatic carbocycles. The summed E-state index contributed by atoms with van der Waals surface area (Å²) < 4.78 is 15.2. The number of aliphatic hydroxyl groups excluding tert-OH is 1. The lowest BCUT2D eigenvalue weighted by Gasteiger charge is -2.22. The van der Waals surface area contributed by atoms with Gasteiger partial charge >= 0.3 is 5.97 Å². The number of carbonyl (C=O) groups excluding carboxylic acids is 1. The van der Waals surface area contributed by atoms with E-state index in [-0.39, 0.29) is 18.1 Å². The van der Waals surface area contributed by atoms with Gasteiger partial charge in [0.2, 0.25) is 0 Å². The predicted octanol–water partition coefficient (Wildman–Crippen LogP) is 2.18. The summed E-state index contributed by atoms with van der Waals surface area (Å²) in [7, 11) is 2.90. The van der Waals surface area contributed by atoms with Crippen molar-refractivity contribution in [2.75, 3.05) is 20.8 Å². The second-order valence-corrected chi connectivity index (χ2v) is 6.49. The highest BCUT2D eigenvalue weighted by Crippen LogP contribution is 2.39. The third-order valence-corrected chi connectivity index (χ3v) is 4.89. The Labute approximate surface area is 156 Å². The summed E-state index contributed by atoms with van der Waals surface area (Å²) in [5, 5.41) is 30.6. The van der Waals surface area contributed by atoms with Gasteiger partial charge in [0, 0.05) is 5.92 Å². The van der Waals surface area contributed by atoms with E-state index in [0.29, 0.717) is 23.5 Å². The summed E-state index contributed by atoms with van der Waals surface area (Å²) in [6, 6.07) is 9.53. The number of aromatic hydroxyl groups is 2. The van der Waals surface area contributed by atoms with E-state index in [4.69, 9.17) is 14.2 Å². The first-order valence-corrected chi connectivity index (χ1v) is 8.52. The molecule has 0 bridgehead atoms. The minimum absolute atomic E-state index is 0.0152. The van der Waals surface area contributed by atoms with Gasteiger partial charge < -0.3 is 29.5 Å². The molecule has 3 rings (SSSR count). The standard InChI is InChI=1S/C20H22O7/c1-25-17-5-3-11(8-15(17)21)7-13-14(10-27-20(13)24)19(23)12-4-6-18(26-2)16(22)9-12/h3-6,8-9,13-14,19,21-23H,7,10H2,1-2H3/t13-,14+,19-/m1/s1. The van der Waals surface area contributed by atoms with E-state index < -0.39 is 23.9 Å². The predicted molar refractivity (Wildman–Crippen MR) is 95.9 cm³/mol. The molecule has 0 saturated carbocycles. The monoisotopic (exact) mass is 374 g/mol. The molecule has 27 heavy (non-hydrogen) atoms. The Morgan fingerprint density at radius 2 is 1.70 bits per heavy atom. The Bertz CT molecular complexity index is 833. The maximum atomic E-state index is 12.2. The highest BCUT2D eigenvalue weighted by molar-refractivity contribution is 5.75. The van der Waals surface area contributed by atoms with Crippen LogP contribution in [0.15, 0.2) is 36.4 Å². The molecule has 0 aromatic heterocycles. The average Bonchev–Trinajstić information content (AvgIpc) is 3.01. The molecule has 2 aromatic rings. The number of phenolic OH excluding ortho intramolecular Hbond substituents is 2. The molecule has 7 heteroatoms. The van der Waals surface area contributed by atoms with Gasteiger partial charge in [0.15, 0.2) is 23.0 Å². The second-order valence-electron chi connectivity index (χ2n) is 6.49. The van der Waals surface area contributed by atoms with E-state index in [1.54, 1.807) is 24.3 Å². The average molecular weight is 374 g/mol. The lowest BCUT2D eigenvalue weighted by molar-refractivity contribution is -0.141. The number of rotatable bonds is 6. The number of carbonyl (C=O) groups is 1. The third kappa shape index (κ3) is 3.78. The van der Waals surface area contributed by atoms with Gasteiger partial charge in [-0.3, -0.25) is 4.79 Å². The summed E-state index contributed by atoms with van der Waals surface area (Å²) in [6.07, 6.45) is -0.689. The van der Waals surface area contributed by atoms with Gasteiger partial charge in [-0.2, -0.15) is 0 Å². The molecule has 0 spiro atoms. The van der Waals surface area contributed by atoms with Gasteiger partial charge in [0.25, 0.3) is 0 Å². The fourth-order valence-electron chi connectivity index (χ4n) is 3.38. The quantitative estimate of drug-likeness (QED) is 0.666. The van der Waals surface area contributed by atoms with Crippen LogP contribution in [0, 0.1) is 11.8 Å². The van der Waals surface area contributed by atoms with Crippen LogP contribution < -0.4 is 9.47 Å². The Balaban J connectivity index is 1.81. The first-order chi connectivity index (χ1) is 12.9. The summed E-state index contributed by atoms with van der Waals surface area (Å²) in [5.41, 5.74) is 1.20. The van der Waals surface area contributed by atoms with E-state index in [9.17, 15) is 20.1 Å².